The molecule has 0 bridgehead atoms. The third kappa shape index (κ3) is 3.55. The van der Waals surface area contributed by atoms with Crippen LogP contribution >= 0.6 is 0 Å². The molecule has 8 nitrogen and oxygen atoms in total. The number of pyridine rings is 2. The SMILES string of the molecule is Cc1cc(-c2c(-c3ccccc3)nc(N)n3c(=O)n(C(C)c4ccccn4)nc23)cc(C)n1. The fraction of sp³-hybridized carbons (Fsp3) is 0.160. The molecule has 8 heteroatoms. The Morgan fingerprint density at radius 2 is 1.61 bits per heavy atom. The second-order valence-corrected chi connectivity index (χ2v) is 8.01. The fourth-order valence-corrected chi connectivity index (χ4v) is 4.13. The van der Waals surface area contributed by atoms with Crippen molar-refractivity contribution < 1.29 is 0 Å². The highest BCUT2D eigenvalue weighted by Gasteiger charge is 2.24. The van der Waals surface area contributed by atoms with Gasteiger partial charge in [-0.25, -0.2) is 18.9 Å². The summed E-state index contributed by atoms with van der Waals surface area (Å²) in [5.74, 6) is 0.0829. The van der Waals surface area contributed by atoms with Crippen LogP contribution < -0.4 is 11.4 Å². The van der Waals surface area contributed by atoms with Gasteiger partial charge in [-0.1, -0.05) is 36.4 Å². The molecular formula is C25H23N7O. The van der Waals surface area contributed by atoms with Crippen LogP contribution in [0.1, 0.15) is 30.0 Å². The summed E-state index contributed by atoms with van der Waals surface area (Å²) >= 11 is 0. The van der Waals surface area contributed by atoms with Gasteiger partial charge in [-0.2, -0.15) is 0 Å². The smallest absolute Gasteiger partial charge is 0.353 e. The zero-order valence-corrected chi connectivity index (χ0v) is 18.6. The number of hydrogen-bond donors (Lipinski definition) is 1. The number of fused-ring (bicyclic) bond motifs is 1. The summed E-state index contributed by atoms with van der Waals surface area (Å²) in [6, 6.07) is 18.9. The second kappa shape index (κ2) is 7.98. The van der Waals surface area contributed by atoms with Gasteiger partial charge in [-0.05, 0) is 50.6 Å². The van der Waals surface area contributed by atoms with Gasteiger partial charge in [0.1, 0.15) is 0 Å². The quantitative estimate of drug-likeness (QED) is 0.458. The first-order chi connectivity index (χ1) is 15.9. The Bertz CT molecular complexity index is 1500. The highest BCUT2D eigenvalue weighted by atomic mass is 16.2. The van der Waals surface area contributed by atoms with E-state index < -0.39 is 0 Å². The van der Waals surface area contributed by atoms with Gasteiger partial charge in [0, 0.05) is 23.1 Å². The van der Waals surface area contributed by atoms with Crippen molar-refractivity contribution in [2.45, 2.75) is 26.8 Å². The van der Waals surface area contributed by atoms with Gasteiger partial charge >= 0.3 is 5.69 Å². The molecule has 1 aromatic carbocycles. The molecule has 0 amide bonds. The van der Waals surface area contributed by atoms with Crippen LogP contribution in [0.25, 0.3) is 28.0 Å². The van der Waals surface area contributed by atoms with Crippen molar-refractivity contribution in [2.75, 3.05) is 5.73 Å². The summed E-state index contributed by atoms with van der Waals surface area (Å²) < 4.78 is 2.78. The summed E-state index contributed by atoms with van der Waals surface area (Å²) in [6.07, 6.45) is 1.70. The highest BCUT2D eigenvalue weighted by molar-refractivity contribution is 5.90. The number of benzene rings is 1. The van der Waals surface area contributed by atoms with Crippen molar-refractivity contribution in [3.8, 4) is 22.4 Å². The molecule has 0 radical (unpaired) electrons. The molecule has 1 atom stereocenters. The molecule has 4 heterocycles. The fourth-order valence-electron chi connectivity index (χ4n) is 4.13. The minimum absolute atomic E-state index is 0.0829. The Kier molecular flexibility index (Phi) is 4.97. The van der Waals surface area contributed by atoms with Gasteiger partial charge in [-0.15, -0.1) is 5.10 Å². The number of aryl methyl sites for hydroxylation is 2. The number of anilines is 1. The predicted molar refractivity (Wildman–Crippen MR) is 128 cm³/mol. The minimum Gasteiger partial charge on any atom is -0.369 e. The maximum Gasteiger partial charge on any atom is 0.353 e. The lowest BCUT2D eigenvalue weighted by molar-refractivity contribution is 0.533. The van der Waals surface area contributed by atoms with E-state index in [2.05, 4.69) is 15.0 Å². The van der Waals surface area contributed by atoms with E-state index in [-0.39, 0.29) is 17.7 Å². The van der Waals surface area contributed by atoms with E-state index in [0.29, 0.717) is 11.3 Å². The lowest BCUT2D eigenvalue weighted by atomic mass is 9.99. The van der Waals surface area contributed by atoms with Crippen LogP contribution in [0.3, 0.4) is 0 Å². The molecular weight excluding hydrogens is 414 g/mol. The molecule has 0 aliphatic carbocycles. The molecule has 1 unspecified atom stereocenters. The molecule has 0 fully saturated rings. The van der Waals surface area contributed by atoms with E-state index in [0.717, 1.165) is 33.8 Å². The zero-order valence-electron chi connectivity index (χ0n) is 18.6. The number of nitrogens with two attached hydrogens (primary N) is 1. The number of nitrogen functional groups attached to an aromatic ring is 1. The summed E-state index contributed by atoms with van der Waals surface area (Å²) in [5.41, 5.74) is 12.0. The largest absolute Gasteiger partial charge is 0.369 e. The summed E-state index contributed by atoms with van der Waals surface area (Å²) in [7, 11) is 0. The first-order valence-corrected chi connectivity index (χ1v) is 10.7. The van der Waals surface area contributed by atoms with Crippen LogP contribution in [-0.2, 0) is 0 Å². The van der Waals surface area contributed by atoms with Gasteiger partial charge in [0.2, 0.25) is 5.95 Å². The van der Waals surface area contributed by atoms with Gasteiger partial charge in [-0.3, -0.25) is 9.97 Å². The number of rotatable bonds is 4. The van der Waals surface area contributed by atoms with Gasteiger partial charge in [0.15, 0.2) is 5.65 Å². The van der Waals surface area contributed by atoms with Crippen molar-refractivity contribution in [3.63, 3.8) is 0 Å². The van der Waals surface area contributed by atoms with Crippen LogP contribution in [0.5, 0.6) is 0 Å². The summed E-state index contributed by atoms with van der Waals surface area (Å²) in [6.45, 7) is 5.77. The summed E-state index contributed by atoms with van der Waals surface area (Å²) in [4.78, 5) is 27.0. The second-order valence-electron chi connectivity index (χ2n) is 8.01. The number of hydrogen-bond acceptors (Lipinski definition) is 6. The van der Waals surface area contributed by atoms with Crippen molar-refractivity contribution in [1.29, 1.82) is 0 Å². The van der Waals surface area contributed by atoms with Gasteiger partial charge in [0.05, 0.1) is 23.0 Å². The Labute approximate surface area is 190 Å². The van der Waals surface area contributed by atoms with E-state index >= 15 is 0 Å². The minimum atomic E-state index is -0.382. The maximum atomic E-state index is 13.4. The van der Waals surface area contributed by atoms with Crippen molar-refractivity contribution in [2.24, 2.45) is 0 Å². The van der Waals surface area contributed by atoms with E-state index in [1.54, 1.807) is 6.20 Å². The van der Waals surface area contributed by atoms with E-state index in [1.165, 1.54) is 9.08 Å². The lowest BCUT2D eigenvalue weighted by Gasteiger charge is -2.13. The molecule has 5 rings (SSSR count). The molecule has 5 aromatic rings. The maximum absolute atomic E-state index is 13.4. The Balaban J connectivity index is 1.86. The highest BCUT2D eigenvalue weighted by Crippen LogP contribution is 2.35. The summed E-state index contributed by atoms with van der Waals surface area (Å²) in [5, 5.41) is 4.76. The molecule has 0 saturated carbocycles. The normalized spacial score (nSPS) is 12.2. The average Bonchev–Trinajstić information content (AvgIpc) is 3.16. The molecule has 0 aliphatic heterocycles. The topological polar surface area (TPSA) is 104 Å². The monoisotopic (exact) mass is 437 g/mol. The standard InChI is InChI=1S/C25H23N7O/c1-15-13-19(14-16(2)28-15)21-22(18-9-5-4-6-10-18)29-24(26)31-23(21)30-32(25(31)33)17(3)20-11-7-8-12-27-20/h4-14,17H,1-3H3,(H2,26,29). The Morgan fingerprint density at radius 1 is 0.909 bits per heavy atom. The van der Waals surface area contributed by atoms with Crippen molar-refractivity contribution in [1.82, 2.24) is 29.1 Å². The number of nitrogens with zero attached hydrogens (tertiary/aromatic N) is 6. The third-order valence-corrected chi connectivity index (χ3v) is 5.62. The lowest BCUT2D eigenvalue weighted by Crippen LogP contribution is -2.26. The first kappa shape index (κ1) is 20.6. The molecule has 0 aliphatic rings. The van der Waals surface area contributed by atoms with Crippen LogP contribution in [0.2, 0.25) is 0 Å². The zero-order chi connectivity index (χ0) is 23.1. The van der Waals surface area contributed by atoms with E-state index in [1.807, 2.05) is 81.4 Å². The molecule has 4 aromatic heterocycles. The van der Waals surface area contributed by atoms with E-state index in [9.17, 15) is 4.79 Å². The average molecular weight is 438 g/mol. The predicted octanol–water partition coefficient (Wildman–Crippen LogP) is 3.82. The van der Waals surface area contributed by atoms with Crippen LogP contribution in [0.15, 0.2) is 71.7 Å². The van der Waals surface area contributed by atoms with E-state index in [4.69, 9.17) is 10.8 Å². The molecule has 0 spiro atoms. The van der Waals surface area contributed by atoms with Crippen molar-refractivity contribution in [3.05, 3.63) is 94.4 Å². The Morgan fingerprint density at radius 3 is 2.27 bits per heavy atom. The van der Waals surface area contributed by atoms with Gasteiger partial charge < -0.3 is 5.73 Å². The van der Waals surface area contributed by atoms with Crippen LogP contribution in [0, 0.1) is 13.8 Å². The third-order valence-electron chi connectivity index (χ3n) is 5.62. The van der Waals surface area contributed by atoms with Crippen LogP contribution in [0.4, 0.5) is 5.95 Å². The first-order valence-electron chi connectivity index (χ1n) is 10.7. The Hall–Kier alpha value is -4.33. The van der Waals surface area contributed by atoms with Crippen LogP contribution in [-0.4, -0.2) is 29.1 Å². The number of aromatic nitrogens is 6. The van der Waals surface area contributed by atoms with Gasteiger partial charge in [0.25, 0.3) is 0 Å². The molecule has 0 saturated heterocycles. The van der Waals surface area contributed by atoms with Crippen molar-refractivity contribution >= 4 is 11.6 Å². The molecule has 2 N–H and O–H groups in total. The molecule has 164 valence electrons. The molecule has 33 heavy (non-hydrogen) atoms.